The maximum Gasteiger partial charge on any atom is 0.264 e. The largest absolute Gasteiger partial charge is 0.350 e. The lowest BCUT2D eigenvalue weighted by molar-refractivity contribution is -0.140. The first-order valence-corrected chi connectivity index (χ1v) is 17.1. The fourth-order valence-electron chi connectivity index (χ4n) is 5.01. The Hall–Kier alpha value is -3.85. The Morgan fingerprint density at radius 1 is 0.826 bits per heavy atom. The molecule has 7 nitrogen and oxygen atoms in total. The highest BCUT2D eigenvalue weighted by atomic mass is 35.5. The Balaban J connectivity index is 1.86. The van der Waals surface area contributed by atoms with Crippen LogP contribution in [0.4, 0.5) is 5.69 Å². The van der Waals surface area contributed by atoms with Crippen molar-refractivity contribution in [3.63, 3.8) is 0 Å². The second-order valence-electron chi connectivity index (χ2n) is 12.3. The normalized spacial score (nSPS) is 12.3. The van der Waals surface area contributed by atoms with Crippen molar-refractivity contribution in [2.45, 2.75) is 64.1 Å². The molecule has 4 aromatic rings. The topological polar surface area (TPSA) is 86.8 Å². The van der Waals surface area contributed by atoms with E-state index < -0.39 is 34.1 Å². The highest BCUT2D eigenvalue weighted by Crippen LogP contribution is 2.36. The summed E-state index contributed by atoms with van der Waals surface area (Å²) in [6.45, 7) is 8.83. The van der Waals surface area contributed by atoms with Crippen molar-refractivity contribution < 1.29 is 18.0 Å². The third-order valence-electron chi connectivity index (χ3n) is 7.46. The average Bonchev–Trinajstić information content (AvgIpc) is 3.00. The molecule has 0 aliphatic rings. The van der Waals surface area contributed by atoms with Gasteiger partial charge in [-0.25, -0.2) is 8.42 Å². The summed E-state index contributed by atoms with van der Waals surface area (Å²) in [7, 11) is -4.31. The summed E-state index contributed by atoms with van der Waals surface area (Å²) in [6, 6.07) is 27.0. The molecule has 0 fully saturated rings. The van der Waals surface area contributed by atoms with Gasteiger partial charge in [-0.05, 0) is 75.6 Å². The van der Waals surface area contributed by atoms with E-state index in [4.69, 9.17) is 23.2 Å². The Morgan fingerprint density at radius 3 is 2.09 bits per heavy atom. The highest BCUT2D eigenvalue weighted by Gasteiger charge is 2.36. The van der Waals surface area contributed by atoms with Crippen molar-refractivity contribution in [1.82, 2.24) is 10.2 Å². The summed E-state index contributed by atoms with van der Waals surface area (Å²) in [4.78, 5) is 30.1. The van der Waals surface area contributed by atoms with Gasteiger partial charge >= 0.3 is 0 Å². The molecule has 2 amide bonds. The van der Waals surface area contributed by atoms with Gasteiger partial charge in [0.25, 0.3) is 10.0 Å². The number of sulfonamides is 1. The minimum atomic E-state index is -4.31. The van der Waals surface area contributed by atoms with Gasteiger partial charge in [-0.1, -0.05) is 102 Å². The summed E-state index contributed by atoms with van der Waals surface area (Å²) in [5.74, 6) is -0.938. The average molecular weight is 681 g/mol. The third kappa shape index (κ3) is 8.69. The molecule has 10 heteroatoms. The molecule has 0 saturated carbocycles. The van der Waals surface area contributed by atoms with Crippen LogP contribution >= 0.6 is 23.2 Å². The molecule has 0 radical (unpaired) electrons. The Morgan fingerprint density at radius 2 is 1.46 bits per heavy atom. The van der Waals surface area contributed by atoms with E-state index >= 15 is 0 Å². The van der Waals surface area contributed by atoms with Crippen LogP contribution in [0.15, 0.2) is 102 Å². The second-order valence-corrected chi connectivity index (χ2v) is 14.9. The summed E-state index contributed by atoms with van der Waals surface area (Å²) >= 11 is 12.9. The molecule has 0 aliphatic carbocycles. The number of nitrogens with one attached hydrogen (secondary N) is 1. The number of nitrogens with zero attached hydrogens (tertiary/aromatic N) is 2. The van der Waals surface area contributed by atoms with Crippen LogP contribution < -0.4 is 9.62 Å². The number of carbonyl (C=O) groups excluding carboxylic acids is 2. The molecular formula is C36H39Cl2N3O4S. The Kier molecular flexibility index (Phi) is 11.2. The van der Waals surface area contributed by atoms with E-state index in [2.05, 4.69) is 5.32 Å². The first-order chi connectivity index (χ1) is 21.7. The van der Waals surface area contributed by atoms with Crippen LogP contribution in [-0.2, 0) is 32.6 Å². The zero-order chi connectivity index (χ0) is 33.6. The van der Waals surface area contributed by atoms with Crippen molar-refractivity contribution in [2.24, 2.45) is 0 Å². The predicted octanol–water partition coefficient (Wildman–Crippen LogP) is 7.36. The lowest BCUT2D eigenvalue weighted by Crippen LogP contribution is -2.56. The molecule has 0 heterocycles. The van der Waals surface area contributed by atoms with Gasteiger partial charge in [-0.3, -0.25) is 13.9 Å². The molecular weight excluding hydrogens is 641 g/mol. The van der Waals surface area contributed by atoms with Gasteiger partial charge < -0.3 is 10.2 Å². The van der Waals surface area contributed by atoms with Crippen LogP contribution in [0.1, 0.15) is 43.0 Å². The number of anilines is 1. The van der Waals surface area contributed by atoms with Crippen LogP contribution in [0.2, 0.25) is 10.0 Å². The van der Waals surface area contributed by atoms with Gasteiger partial charge in [0.15, 0.2) is 0 Å². The number of hydrogen-bond donors (Lipinski definition) is 1. The molecule has 0 saturated heterocycles. The molecule has 4 rings (SSSR count). The number of aryl methyl sites for hydroxylation is 2. The van der Waals surface area contributed by atoms with E-state index in [9.17, 15) is 18.0 Å². The minimum Gasteiger partial charge on any atom is -0.350 e. The van der Waals surface area contributed by atoms with E-state index in [1.54, 1.807) is 24.3 Å². The van der Waals surface area contributed by atoms with E-state index in [-0.39, 0.29) is 39.5 Å². The first-order valence-electron chi connectivity index (χ1n) is 14.9. The van der Waals surface area contributed by atoms with Crippen LogP contribution in [0.5, 0.6) is 0 Å². The van der Waals surface area contributed by atoms with E-state index in [0.29, 0.717) is 0 Å². The standard InChI is InChI=1S/C36H39Cl2N3O4S/c1-25-18-20-29(21-19-25)46(44,45)41(31-17-11-16-30(37)34(31)38)24-33(42)40(23-28-15-10-9-12-26(28)2)32(35(43)39-36(3,4)5)22-27-13-7-6-8-14-27/h6-21,32H,22-24H2,1-5H3,(H,39,43). The minimum absolute atomic E-state index is 0.00980. The molecule has 46 heavy (non-hydrogen) atoms. The van der Waals surface area contributed by atoms with Crippen LogP contribution in [-0.4, -0.2) is 43.3 Å². The molecule has 0 bridgehead atoms. The van der Waals surface area contributed by atoms with Gasteiger partial charge in [-0.15, -0.1) is 0 Å². The second kappa shape index (κ2) is 14.7. The fourth-order valence-corrected chi connectivity index (χ4v) is 6.89. The number of rotatable bonds is 11. The monoisotopic (exact) mass is 679 g/mol. The maximum atomic E-state index is 14.6. The maximum absolute atomic E-state index is 14.6. The quantitative estimate of drug-likeness (QED) is 0.179. The van der Waals surface area contributed by atoms with E-state index in [1.807, 2.05) is 89.2 Å². The molecule has 242 valence electrons. The van der Waals surface area contributed by atoms with Crippen molar-refractivity contribution in [2.75, 3.05) is 10.8 Å². The predicted molar refractivity (Wildman–Crippen MR) is 186 cm³/mol. The van der Waals surface area contributed by atoms with Gasteiger partial charge in [0.2, 0.25) is 11.8 Å². The molecule has 0 aromatic heterocycles. The van der Waals surface area contributed by atoms with Gasteiger partial charge in [0, 0.05) is 18.5 Å². The zero-order valence-electron chi connectivity index (χ0n) is 26.6. The summed E-state index contributed by atoms with van der Waals surface area (Å²) in [6.07, 6.45) is 0.211. The lowest BCUT2D eigenvalue weighted by Gasteiger charge is -2.35. The van der Waals surface area contributed by atoms with E-state index in [0.717, 1.165) is 26.6 Å². The molecule has 1 unspecified atom stereocenters. The molecule has 4 aromatic carbocycles. The number of amides is 2. The SMILES string of the molecule is Cc1ccc(S(=O)(=O)N(CC(=O)N(Cc2ccccc2C)C(Cc2ccccc2)C(=O)NC(C)(C)C)c2cccc(Cl)c2Cl)cc1. The molecule has 1 atom stereocenters. The van der Waals surface area contributed by atoms with Crippen molar-refractivity contribution in [3.8, 4) is 0 Å². The number of halogens is 2. The number of benzene rings is 4. The molecule has 0 aliphatic heterocycles. The summed E-state index contributed by atoms with van der Waals surface area (Å²) in [5, 5.41) is 3.16. The van der Waals surface area contributed by atoms with Crippen molar-refractivity contribution >= 4 is 50.7 Å². The smallest absolute Gasteiger partial charge is 0.264 e. The Bertz CT molecular complexity index is 1790. The van der Waals surface area contributed by atoms with Crippen LogP contribution in [0.3, 0.4) is 0 Å². The van der Waals surface area contributed by atoms with E-state index in [1.165, 1.54) is 23.1 Å². The van der Waals surface area contributed by atoms with Crippen LogP contribution in [0.25, 0.3) is 0 Å². The Labute approximate surface area is 282 Å². The van der Waals surface area contributed by atoms with Gasteiger partial charge in [0.05, 0.1) is 20.6 Å². The zero-order valence-corrected chi connectivity index (χ0v) is 29.0. The molecule has 0 spiro atoms. The van der Waals surface area contributed by atoms with Gasteiger partial charge in [0.1, 0.15) is 12.6 Å². The van der Waals surface area contributed by atoms with Gasteiger partial charge in [-0.2, -0.15) is 0 Å². The van der Waals surface area contributed by atoms with Crippen LogP contribution in [0, 0.1) is 13.8 Å². The van der Waals surface area contributed by atoms with Crippen molar-refractivity contribution in [3.05, 3.63) is 129 Å². The third-order valence-corrected chi connectivity index (χ3v) is 10.0. The number of hydrogen-bond acceptors (Lipinski definition) is 4. The fraction of sp³-hybridized carbons (Fsp3) is 0.278. The number of carbonyl (C=O) groups is 2. The lowest BCUT2D eigenvalue weighted by atomic mass is 10.00. The summed E-state index contributed by atoms with van der Waals surface area (Å²) in [5.41, 5.74) is 2.95. The highest BCUT2D eigenvalue weighted by molar-refractivity contribution is 7.92. The summed E-state index contributed by atoms with van der Waals surface area (Å²) < 4.78 is 29.4. The molecule has 1 N–H and O–H groups in total. The van der Waals surface area contributed by atoms with Crippen molar-refractivity contribution in [1.29, 1.82) is 0 Å². The first kappa shape index (κ1) is 35.0.